The molecule has 0 spiro atoms. The predicted molar refractivity (Wildman–Crippen MR) is 88.3 cm³/mol. The average molecular weight is 329 g/mol. The molecule has 134 valence electrons. The number of nitrogens with zero attached hydrogens (tertiary/aromatic N) is 1. The largest absolute Gasteiger partial charge is 0.480 e. The first kappa shape index (κ1) is 19.7. The standard InChI is InChI=1S/C16H31N3O4/c1-6-19(9-13(20)21)12-7-11(8-12)17-15(22)18-14(10(2)3)16(4,5)23/h10-12,14,23H,6-9H2,1-5H3,(H,20,21)(H2,17,18,22)/t11?,12?,14-/m0/s1. The molecule has 0 saturated heterocycles. The maximum absolute atomic E-state index is 12.1. The van der Waals surface area contributed by atoms with Crippen LogP contribution >= 0.6 is 0 Å². The van der Waals surface area contributed by atoms with Crippen LogP contribution in [0.5, 0.6) is 0 Å². The Morgan fingerprint density at radius 1 is 1.30 bits per heavy atom. The second-order valence-corrected chi connectivity index (χ2v) is 7.27. The first-order chi connectivity index (χ1) is 10.5. The van der Waals surface area contributed by atoms with Gasteiger partial charge in [0, 0.05) is 12.1 Å². The summed E-state index contributed by atoms with van der Waals surface area (Å²) < 4.78 is 0. The van der Waals surface area contributed by atoms with Gasteiger partial charge in [0.15, 0.2) is 0 Å². The first-order valence-corrected chi connectivity index (χ1v) is 8.29. The molecule has 7 heteroatoms. The molecule has 0 aromatic rings. The number of urea groups is 1. The van der Waals surface area contributed by atoms with E-state index in [-0.39, 0.29) is 36.6 Å². The van der Waals surface area contributed by atoms with Gasteiger partial charge >= 0.3 is 12.0 Å². The Kier molecular flexibility index (Phi) is 6.83. The zero-order valence-corrected chi connectivity index (χ0v) is 14.8. The molecule has 0 radical (unpaired) electrons. The number of likely N-dealkylation sites (N-methyl/N-ethyl adjacent to an activating group) is 1. The van der Waals surface area contributed by atoms with Crippen molar-refractivity contribution in [2.45, 2.75) is 71.2 Å². The summed E-state index contributed by atoms with van der Waals surface area (Å²) >= 11 is 0. The number of hydrogen-bond donors (Lipinski definition) is 4. The lowest BCUT2D eigenvalue weighted by Crippen LogP contribution is -2.60. The van der Waals surface area contributed by atoms with Gasteiger partial charge < -0.3 is 20.8 Å². The highest BCUT2D eigenvalue weighted by Crippen LogP contribution is 2.25. The van der Waals surface area contributed by atoms with Crippen molar-refractivity contribution in [1.29, 1.82) is 0 Å². The van der Waals surface area contributed by atoms with Crippen molar-refractivity contribution in [3.63, 3.8) is 0 Å². The van der Waals surface area contributed by atoms with E-state index in [2.05, 4.69) is 10.6 Å². The predicted octanol–water partition coefficient (Wildman–Crippen LogP) is 1.02. The third kappa shape index (κ3) is 5.99. The van der Waals surface area contributed by atoms with Crippen molar-refractivity contribution in [3.8, 4) is 0 Å². The van der Waals surface area contributed by atoms with Gasteiger partial charge in [-0.1, -0.05) is 20.8 Å². The average Bonchev–Trinajstić information content (AvgIpc) is 2.35. The lowest BCUT2D eigenvalue weighted by atomic mass is 9.85. The lowest BCUT2D eigenvalue weighted by molar-refractivity contribution is -0.139. The van der Waals surface area contributed by atoms with E-state index in [0.29, 0.717) is 6.54 Å². The molecule has 0 aromatic heterocycles. The van der Waals surface area contributed by atoms with Crippen molar-refractivity contribution >= 4 is 12.0 Å². The molecule has 1 saturated carbocycles. The van der Waals surface area contributed by atoms with Crippen LogP contribution in [0.15, 0.2) is 0 Å². The second-order valence-electron chi connectivity index (χ2n) is 7.27. The molecule has 0 bridgehead atoms. The third-order valence-electron chi connectivity index (χ3n) is 4.42. The van der Waals surface area contributed by atoms with Crippen LogP contribution in [0, 0.1) is 5.92 Å². The summed E-state index contributed by atoms with van der Waals surface area (Å²) in [5.74, 6) is -0.716. The number of carbonyl (C=O) groups excluding carboxylic acids is 1. The van der Waals surface area contributed by atoms with E-state index in [0.717, 1.165) is 12.8 Å². The van der Waals surface area contributed by atoms with E-state index in [1.165, 1.54) is 0 Å². The molecule has 0 aromatic carbocycles. The summed E-state index contributed by atoms with van der Waals surface area (Å²) in [6, 6.07) is -0.359. The summed E-state index contributed by atoms with van der Waals surface area (Å²) in [6.45, 7) is 9.93. The molecule has 1 aliphatic carbocycles. The number of carboxylic acids is 1. The smallest absolute Gasteiger partial charge is 0.317 e. The number of rotatable bonds is 8. The molecule has 1 aliphatic rings. The number of nitrogens with one attached hydrogen (secondary N) is 2. The van der Waals surface area contributed by atoms with Crippen LogP contribution in [0.4, 0.5) is 4.79 Å². The molecule has 2 amide bonds. The Morgan fingerprint density at radius 3 is 2.26 bits per heavy atom. The van der Waals surface area contributed by atoms with Crippen LogP contribution in [0.2, 0.25) is 0 Å². The minimum absolute atomic E-state index is 0.0359. The second kappa shape index (κ2) is 7.97. The molecule has 1 rings (SSSR count). The maximum Gasteiger partial charge on any atom is 0.317 e. The molecule has 1 atom stereocenters. The monoisotopic (exact) mass is 329 g/mol. The Labute approximate surface area is 138 Å². The summed E-state index contributed by atoms with van der Waals surface area (Å²) in [5.41, 5.74) is -0.992. The van der Waals surface area contributed by atoms with E-state index in [4.69, 9.17) is 5.11 Å². The molecule has 0 aliphatic heterocycles. The van der Waals surface area contributed by atoms with Gasteiger partial charge in [0.2, 0.25) is 0 Å². The lowest BCUT2D eigenvalue weighted by Gasteiger charge is -2.42. The summed E-state index contributed by atoms with van der Waals surface area (Å²) in [6.07, 6.45) is 1.51. The molecular formula is C16H31N3O4. The molecule has 0 unspecified atom stereocenters. The Bertz CT molecular complexity index is 414. The minimum atomic E-state index is -0.992. The maximum atomic E-state index is 12.1. The van der Waals surface area contributed by atoms with Gasteiger partial charge in [0.05, 0.1) is 18.2 Å². The quantitative estimate of drug-likeness (QED) is 0.532. The van der Waals surface area contributed by atoms with Crippen molar-refractivity contribution in [2.75, 3.05) is 13.1 Å². The first-order valence-electron chi connectivity index (χ1n) is 8.29. The summed E-state index contributed by atoms with van der Waals surface area (Å²) in [5, 5.41) is 24.7. The fourth-order valence-electron chi connectivity index (χ4n) is 3.20. The van der Waals surface area contributed by atoms with Crippen LogP contribution in [0.25, 0.3) is 0 Å². The molecular weight excluding hydrogens is 298 g/mol. The SMILES string of the molecule is CCN(CC(=O)O)C1CC(NC(=O)N[C@@H](C(C)C)C(C)(C)O)C1. The van der Waals surface area contributed by atoms with Gasteiger partial charge in [-0.2, -0.15) is 0 Å². The Morgan fingerprint density at radius 2 is 1.87 bits per heavy atom. The van der Waals surface area contributed by atoms with Crippen molar-refractivity contribution < 1.29 is 19.8 Å². The number of amides is 2. The van der Waals surface area contributed by atoms with E-state index in [1.54, 1.807) is 13.8 Å². The van der Waals surface area contributed by atoms with Crippen molar-refractivity contribution in [1.82, 2.24) is 15.5 Å². The van der Waals surface area contributed by atoms with Gasteiger partial charge in [-0.15, -0.1) is 0 Å². The van der Waals surface area contributed by atoms with Gasteiger partial charge in [-0.3, -0.25) is 9.69 Å². The van der Waals surface area contributed by atoms with Crippen LogP contribution in [-0.2, 0) is 4.79 Å². The number of carboxylic acid groups (broad SMARTS) is 1. The van der Waals surface area contributed by atoms with Crippen LogP contribution in [-0.4, -0.2) is 63.9 Å². The zero-order valence-electron chi connectivity index (χ0n) is 14.8. The fourth-order valence-corrected chi connectivity index (χ4v) is 3.20. The fraction of sp³-hybridized carbons (Fsp3) is 0.875. The highest BCUT2D eigenvalue weighted by atomic mass is 16.4. The van der Waals surface area contributed by atoms with E-state index in [1.807, 2.05) is 25.7 Å². The van der Waals surface area contributed by atoms with Crippen molar-refractivity contribution in [2.24, 2.45) is 5.92 Å². The molecule has 23 heavy (non-hydrogen) atoms. The zero-order chi connectivity index (χ0) is 17.8. The van der Waals surface area contributed by atoms with E-state index < -0.39 is 11.6 Å². The summed E-state index contributed by atoms with van der Waals surface area (Å²) in [7, 11) is 0. The van der Waals surface area contributed by atoms with Gasteiger partial charge in [-0.25, -0.2) is 4.79 Å². The van der Waals surface area contributed by atoms with Crippen LogP contribution in [0.3, 0.4) is 0 Å². The Balaban J connectivity index is 2.42. The molecule has 7 nitrogen and oxygen atoms in total. The topological polar surface area (TPSA) is 102 Å². The van der Waals surface area contributed by atoms with E-state index in [9.17, 15) is 14.7 Å². The number of hydrogen-bond acceptors (Lipinski definition) is 4. The van der Waals surface area contributed by atoms with Crippen molar-refractivity contribution in [3.05, 3.63) is 0 Å². The van der Waals surface area contributed by atoms with Crippen LogP contribution in [0.1, 0.15) is 47.5 Å². The number of carbonyl (C=O) groups is 2. The van der Waals surface area contributed by atoms with E-state index >= 15 is 0 Å². The number of aliphatic hydroxyl groups is 1. The van der Waals surface area contributed by atoms with Gasteiger partial charge in [0.25, 0.3) is 0 Å². The van der Waals surface area contributed by atoms with Gasteiger partial charge in [0.1, 0.15) is 0 Å². The summed E-state index contributed by atoms with van der Waals surface area (Å²) in [4.78, 5) is 24.8. The highest BCUT2D eigenvalue weighted by Gasteiger charge is 2.36. The normalized spacial score (nSPS) is 22.6. The van der Waals surface area contributed by atoms with Gasteiger partial charge in [-0.05, 0) is 39.2 Å². The van der Waals surface area contributed by atoms with Crippen LogP contribution < -0.4 is 10.6 Å². The molecule has 4 N–H and O–H groups in total. The highest BCUT2D eigenvalue weighted by molar-refractivity contribution is 5.75. The molecule has 0 heterocycles. The Hall–Kier alpha value is -1.34. The number of aliphatic carboxylic acids is 1. The third-order valence-corrected chi connectivity index (χ3v) is 4.42. The minimum Gasteiger partial charge on any atom is -0.480 e. The molecule has 1 fully saturated rings.